The second-order valence-corrected chi connectivity index (χ2v) is 4.10. The van der Waals surface area contributed by atoms with E-state index >= 15 is 0 Å². The van der Waals surface area contributed by atoms with Crippen LogP contribution in [-0.4, -0.2) is 15.6 Å². The lowest BCUT2D eigenvalue weighted by Crippen LogP contribution is -2.13. The van der Waals surface area contributed by atoms with Crippen LogP contribution in [0.2, 0.25) is 0 Å². The molecule has 4 nitrogen and oxygen atoms in total. The number of aromatic nitrogens is 2. The Balaban J connectivity index is 1.86. The van der Waals surface area contributed by atoms with Crippen LogP contribution in [0.25, 0.3) is 5.69 Å². The standard InChI is InChI=1S/C12H13N3O/c16-12-13-7-8-15(12)11-5-3-10(4-6-11)14-9-1-2-9/h3-9,14H,1-2H2,(H,13,16). The highest BCUT2D eigenvalue weighted by molar-refractivity contribution is 5.49. The van der Waals surface area contributed by atoms with E-state index in [0.29, 0.717) is 6.04 Å². The smallest absolute Gasteiger partial charge is 0.330 e. The minimum absolute atomic E-state index is 0.108. The van der Waals surface area contributed by atoms with Crippen LogP contribution >= 0.6 is 0 Å². The predicted octanol–water partition coefficient (Wildman–Crippen LogP) is 1.74. The number of H-pyrrole nitrogens is 1. The van der Waals surface area contributed by atoms with Gasteiger partial charge in [-0.05, 0) is 37.1 Å². The van der Waals surface area contributed by atoms with Gasteiger partial charge in [0.2, 0.25) is 0 Å². The highest BCUT2D eigenvalue weighted by Crippen LogP contribution is 2.24. The molecule has 1 aromatic heterocycles. The number of rotatable bonds is 3. The molecule has 4 heteroatoms. The molecule has 0 spiro atoms. The fraction of sp³-hybridized carbons (Fsp3) is 0.250. The van der Waals surface area contributed by atoms with E-state index in [1.54, 1.807) is 17.0 Å². The third kappa shape index (κ3) is 1.74. The molecular weight excluding hydrogens is 202 g/mol. The van der Waals surface area contributed by atoms with Gasteiger partial charge in [0.25, 0.3) is 0 Å². The Morgan fingerprint density at radius 3 is 2.56 bits per heavy atom. The predicted molar refractivity (Wildman–Crippen MR) is 63.0 cm³/mol. The maximum Gasteiger partial charge on any atom is 0.330 e. The molecule has 82 valence electrons. The largest absolute Gasteiger partial charge is 0.382 e. The first-order valence-electron chi connectivity index (χ1n) is 5.46. The molecule has 1 saturated carbocycles. The van der Waals surface area contributed by atoms with Gasteiger partial charge < -0.3 is 10.3 Å². The summed E-state index contributed by atoms with van der Waals surface area (Å²) in [4.78, 5) is 14.0. The van der Waals surface area contributed by atoms with Crippen LogP contribution in [0, 0.1) is 0 Å². The normalized spacial score (nSPS) is 15.0. The number of nitrogens with one attached hydrogen (secondary N) is 2. The van der Waals surface area contributed by atoms with Crippen LogP contribution in [0.3, 0.4) is 0 Å². The summed E-state index contributed by atoms with van der Waals surface area (Å²) in [5.41, 5.74) is 1.89. The number of anilines is 1. The molecule has 3 rings (SSSR count). The molecule has 1 heterocycles. The molecule has 2 N–H and O–H groups in total. The Morgan fingerprint density at radius 2 is 2.00 bits per heavy atom. The summed E-state index contributed by atoms with van der Waals surface area (Å²) in [5, 5.41) is 3.41. The first-order chi connectivity index (χ1) is 7.83. The van der Waals surface area contributed by atoms with E-state index in [9.17, 15) is 4.79 Å². The van der Waals surface area contributed by atoms with E-state index in [4.69, 9.17) is 0 Å². The van der Waals surface area contributed by atoms with Crippen LogP contribution < -0.4 is 11.0 Å². The second-order valence-electron chi connectivity index (χ2n) is 4.10. The molecule has 0 amide bonds. The van der Waals surface area contributed by atoms with Crippen LogP contribution in [0.4, 0.5) is 5.69 Å². The summed E-state index contributed by atoms with van der Waals surface area (Å²) in [7, 11) is 0. The van der Waals surface area contributed by atoms with E-state index in [-0.39, 0.29) is 5.69 Å². The monoisotopic (exact) mass is 215 g/mol. The van der Waals surface area contributed by atoms with Crippen molar-refractivity contribution < 1.29 is 0 Å². The molecule has 1 aliphatic rings. The molecule has 0 unspecified atom stereocenters. The maximum absolute atomic E-state index is 11.4. The van der Waals surface area contributed by atoms with Gasteiger partial charge in [-0.25, -0.2) is 4.79 Å². The Labute approximate surface area is 92.9 Å². The van der Waals surface area contributed by atoms with E-state index in [1.165, 1.54) is 12.8 Å². The third-order valence-electron chi connectivity index (χ3n) is 2.74. The minimum atomic E-state index is -0.108. The number of nitrogens with zero attached hydrogens (tertiary/aromatic N) is 1. The summed E-state index contributed by atoms with van der Waals surface area (Å²) in [5.74, 6) is 0. The first kappa shape index (κ1) is 9.27. The summed E-state index contributed by atoms with van der Waals surface area (Å²) in [6.45, 7) is 0. The number of hydrogen-bond donors (Lipinski definition) is 2. The molecule has 1 aromatic carbocycles. The van der Waals surface area contributed by atoms with Gasteiger partial charge in [-0.1, -0.05) is 0 Å². The SMILES string of the molecule is O=c1[nH]ccn1-c1ccc(NC2CC2)cc1. The van der Waals surface area contributed by atoms with Gasteiger partial charge in [0, 0.05) is 24.1 Å². The van der Waals surface area contributed by atoms with E-state index in [2.05, 4.69) is 10.3 Å². The lowest BCUT2D eigenvalue weighted by atomic mass is 10.2. The fourth-order valence-corrected chi connectivity index (χ4v) is 1.71. The van der Waals surface area contributed by atoms with Crippen molar-refractivity contribution in [1.29, 1.82) is 0 Å². The minimum Gasteiger partial charge on any atom is -0.382 e. The molecule has 0 radical (unpaired) electrons. The van der Waals surface area contributed by atoms with E-state index < -0.39 is 0 Å². The lowest BCUT2D eigenvalue weighted by molar-refractivity contribution is 0.987. The van der Waals surface area contributed by atoms with Gasteiger partial charge in [0.05, 0.1) is 5.69 Å². The van der Waals surface area contributed by atoms with Crippen molar-refractivity contribution in [2.45, 2.75) is 18.9 Å². The molecule has 1 aliphatic carbocycles. The molecule has 0 atom stereocenters. The molecule has 0 saturated heterocycles. The molecule has 2 aromatic rings. The molecule has 0 bridgehead atoms. The van der Waals surface area contributed by atoms with Gasteiger partial charge >= 0.3 is 5.69 Å². The van der Waals surface area contributed by atoms with Crippen LogP contribution in [0.5, 0.6) is 0 Å². The van der Waals surface area contributed by atoms with E-state index in [1.807, 2.05) is 24.3 Å². The third-order valence-corrected chi connectivity index (χ3v) is 2.74. The van der Waals surface area contributed by atoms with Gasteiger partial charge in [0.15, 0.2) is 0 Å². The zero-order valence-corrected chi connectivity index (χ0v) is 8.81. The van der Waals surface area contributed by atoms with Gasteiger partial charge in [-0.3, -0.25) is 4.57 Å². The van der Waals surface area contributed by atoms with Crippen molar-refractivity contribution >= 4 is 5.69 Å². The number of imidazole rings is 1. The Morgan fingerprint density at radius 1 is 1.25 bits per heavy atom. The summed E-state index contributed by atoms with van der Waals surface area (Å²) in [6.07, 6.45) is 5.89. The fourth-order valence-electron chi connectivity index (χ4n) is 1.71. The van der Waals surface area contributed by atoms with Crippen LogP contribution in [-0.2, 0) is 0 Å². The van der Waals surface area contributed by atoms with Gasteiger partial charge in [-0.2, -0.15) is 0 Å². The van der Waals surface area contributed by atoms with Crippen molar-refractivity contribution in [3.05, 3.63) is 47.1 Å². The van der Waals surface area contributed by atoms with Gasteiger partial charge in [-0.15, -0.1) is 0 Å². The molecule has 1 fully saturated rings. The molecule has 16 heavy (non-hydrogen) atoms. The van der Waals surface area contributed by atoms with Crippen molar-refractivity contribution in [2.24, 2.45) is 0 Å². The van der Waals surface area contributed by atoms with Crippen LogP contribution in [0.1, 0.15) is 12.8 Å². The number of hydrogen-bond acceptors (Lipinski definition) is 2. The zero-order chi connectivity index (χ0) is 11.0. The van der Waals surface area contributed by atoms with Gasteiger partial charge in [0.1, 0.15) is 0 Å². The molecular formula is C12H13N3O. The Hall–Kier alpha value is -1.97. The average molecular weight is 215 g/mol. The Kier molecular flexibility index (Phi) is 2.06. The average Bonchev–Trinajstić information content (AvgIpc) is 3.00. The highest BCUT2D eigenvalue weighted by Gasteiger charge is 2.20. The summed E-state index contributed by atoms with van der Waals surface area (Å²) >= 11 is 0. The molecule has 0 aliphatic heterocycles. The first-order valence-corrected chi connectivity index (χ1v) is 5.46. The summed E-state index contributed by atoms with van der Waals surface area (Å²) in [6, 6.07) is 8.56. The number of aromatic amines is 1. The van der Waals surface area contributed by atoms with Crippen molar-refractivity contribution in [1.82, 2.24) is 9.55 Å². The van der Waals surface area contributed by atoms with Crippen molar-refractivity contribution in [3.63, 3.8) is 0 Å². The second kappa shape index (κ2) is 3.56. The number of benzene rings is 1. The summed E-state index contributed by atoms with van der Waals surface area (Å²) < 4.78 is 1.58. The van der Waals surface area contributed by atoms with Crippen molar-refractivity contribution in [3.8, 4) is 5.69 Å². The zero-order valence-electron chi connectivity index (χ0n) is 8.81. The van der Waals surface area contributed by atoms with E-state index in [0.717, 1.165) is 11.4 Å². The van der Waals surface area contributed by atoms with Crippen LogP contribution in [0.15, 0.2) is 41.5 Å². The lowest BCUT2D eigenvalue weighted by Gasteiger charge is -2.05. The highest BCUT2D eigenvalue weighted by atomic mass is 16.1. The Bertz CT molecular complexity index is 534. The quantitative estimate of drug-likeness (QED) is 0.819. The topological polar surface area (TPSA) is 49.8 Å². The maximum atomic E-state index is 11.4. The van der Waals surface area contributed by atoms with Crippen molar-refractivity contribution in [2.75, 3.05) is 5.32 Å².